The first-order valence-corrected chi connectivity index (χ1v) is 13.8. The molecule has 2 aliphatic carbocycles. The van der Waals surface area contributed by atoms with Gasteiger partial charge in [0.15, 0.2) is 11.6 Å². The summed E-state index contributed by atoms with van der Waals surface area (Å²) in [5.74, 6) is 1.86. The van der Waals surface area contributed by atoms with Crippen LogP contribution in [0, 0.1) is 24.6 Å². The van der Waals surface area contributed by atoms with Gasteiger partial charge in [-0.25, -0.2) is 9.37 Å². The van der Waals surface area contributed by atoms with Crippen molar-refractivity contribution in [1.82, 2.24) is 24.3 Å². The average molecular weight is 527 g/mol. The highest BCUT2D eigenvalue weighted by molar-refractivity contribution is 6.06. The SMILES string of the molecule is CCCC1CC1c1cn(-c2cc(C(=O)Nc3cccc4c3OC[C@@H](C3CC3)n3cnnc3-4)c(F)cc2C)cn1. The fraction of sp³-hybridized carbons (Fsp3) is 0.400. The normalized spacial score (nSPS) is 21.5. The molecule has 2 aromatic carbocycles. The second-order valence-electron chi connectivity index (χ2n) is 11.1. The number of rotatable bonds is 7. The van der Waals surface area contributed by atoms with Gasteiger partial charge < -0.3 is 19.2 Å². The molecule has 0 saturated heterocycles. The quantitative estimate of drug-likeness (QED) is 0.316. The van der Waals surface area contributed by atoms with E-state index in [0.29, 0.717) is 41.6 Å². The van der Waals surface area contributed by atoms with Gasteiger partial charge in [0.1, 0.15) is 18.8 Å². The van der Waals surface area contributed by atoms with Crippen LogP contribution in [0.15, 0.2) is 49.2 Å². The lowest BCUT2D eigenvalue weighted by Crippen LogP contribution is -2.18. The van der Waals surface area contributed by atoms with Gasteiger partial charge in [-0.3, -0.25) is 4.79 Å². The van der Waals surface area contributed by atoms with E-state index >= 15 is 4.39 Å². The van der Waals surface area contributed by atoms with E-state index in [-0.39, 0.29) is 11.6 Å². The molecule has 4 aromatic rings. The van der Waals surface area contributed by atoms with E-state index in [9.17, 15) is 4.79 Å². The molecule has 2 aromatic heterocycles. The van der Waals surface area contributed by atoms with Crippen molar-refractivity contribution in [3.63, 3.8) is 0 Å². The molecule has 2 unspecified atom stereocenters. The number of hydrogen-bond donors (Lipinski definition) is 1. The van der Waals surface area contributed by atoms with E-state index in [4.69, 9.17) is 4.74 Å². The predicted molar refractivity (Wildman–Crippen MR) is 145 cm³/mol. The van der Waals surface area contributed by atoms with E-state index in [1.165, 1.54) is 25.3 Å². The molecule has 3 heterocycles. The van der Waals surface area contributed by atoms with E-state index in [2.05, 4.69) is 32.0 Å². The zero-order chi connectivity index (χ0) is 26.7. The number of hydrogen-bond acceptors (Lipinski definition) is 5. The summed E-state index contributed by atoms with van der Waals surface area (Å²) in [5.41, 5.74) is 3.72. The average Bonchev–Trinajstić information content (AvgIpc) is 3.81. The highest BCUT2D eigenvalue weighted by atomic mass is 19.1. The maximum atomic E-state index is 15.1. The van der Waals surface area contributed by atoms with Crippen LogP contribution in [0.3, 0.4) is 0 Å². The van der Waals surface area contributed by atoms with Gasteiger partial charge in [0.2, 0.25) is 0 Å². The summed E-state index contributed by atoms with van der Waals surface area (Å²) >= 11 is 0. The fourth-order valence-electron chi connectivity index (χ4n) is 6.00. The van der Waals surface area contributed by atoms with Crippen molar-refractivity contribution in [2.24, 2.45) is 11.8 Å². The lowest BCUT2D eigenvalue weighted by atomic mass is 10.1. The first-order chi connectivity index (χ1) is 19.0. The summed E-state index contributed by atoms with van der Waals surface area (Å²) in [6.07, 6.45) is 11.4. The van der Waals surface area contributed by atoms with E-state index in [1.54, 1.807) is 24.8 Å². The highest BCUT2D eigenvalue weighted by Crippen LogP contribution is 2.49. The summed E-state index contributed by atoms with van der Waals surface area (Å²) in [4.78, 5) is 18.1. The third-order valence-electron chi connectivity index (χ3n) is 8.37. The van der Waals surface area contributed by atoms with Gasteiger partial charge in [0.05, 0.1) is 40.6 Å². The van der Waals surface area contributed by atoms with Crippen LogP contribution in [0.5, 0.6) is 5.75 Å². The number of halogens is 1. The van der Waals surface area contributed by atoms with E-state index < -0.39 is 11.7 Å². The topological polar surface area (TPSA) is 86.9 Å². The second kappa shape index (κ2) is 9.32. The maximum absolute atomic E-state index is 15.1. The van der Waals surface area contributed by atoms with Crippen LogP contribution in [-0.4, -0.2) is 36.8 Å². The molecule has 0 bridgehead atoms. The molecule has 2 saturated carbocycles. The molecule has 9 heteroatoms. The number of carbonyl (C=O) groups is 1. The Bertz CT molecular complexity index is 1570. The maximum Gasteiger partial charge on any atom is 0.258 e. The van der Waals surface area contributed by atoms with Gasteiger partial charge in [-0.1, -0.05) is 25.8 Å². The summed E-state index contributed by atoms with van der Waals surface area (Å²) in [6.45, 7) is 4.51. The molecule has 0 spiro atoms. The molecule has 0 radical (unpaired) electrons. The van der Waals surface area contributed by atoms with Crippen LogP contribution in [0.25, 0.3) is 17.1 Å². The number of aryl methyl sites for hydroxylation is 1. The van der Waals surface area contributed by atoms with Crippen LogP contribution >= 0.6 is 0 Å². The molecule has 200 valence electrons. The van der Waals surface area contributed by atoms with Crippen LogP contribution in [-0.2, 0) is 0 Å². The predicted octanol–water partition coefficient (Wildman–Crippen LogP) is 6.08. The lowest BCUT2D eigenvalue weighted by molar-refractivity contribution is 0.102. The molecular formula is C30H31FN6O2. The van der Waals surface area contributed by atoms with Crippen molar-refractivity contribution in [2.45, 2.75) is 57.9 Å². The number of ether oxygens (including phenoxy) is 1. The molecule has 1 amide bonds. The minimum absolute atomic E-state index is 0.0358. The number of para-hydroxylation sites is 1. The number of nitrogens with zero attached hydrogens (tertiary/aromatic N) is 5. The number of amides is 1. The van der Waals surface area contributed by atoms with Gasteiger partial charge >= 0.3 is 0 Å². The van der Waals surface area contributed by atoms with Gasteiger partial charge in [0.25, 0.3) is 5.91 Å². The van der Waals surface area contributed by atoms with E-state index in [1.807, 2.05) is 29.8 Å². The highest BCUT2D eigenvalue weighted by Gasteiger charge is 2.39. The number of carbonyl (C=O) groups excluding carboxylic acids is 1. The Morgan fingerprint density at radius 2 is 2.10 bits per heavy atom. The fourth-order valence-corrected chi connectivity index (χ4v) is 6.00. The Balaban J connectivity index is 1.17. The van der Waals surface area contributed by atoms with Crippen LogP contribution < -0.4 is 10.1 Å². The molecule has 7 rings (SSSR count). The molecule has 39 heavy (non-hydrogen) atoms. The molecule has 2 fully saturated rings. The van der Waals surface area contributed by atoms with Gasteiger partial charge in [-0.05, 0) is 67.9 Å². The summed E-state index contributed by atoms with van der Waals surface area (Å²) in [5, 5.41) is 11.4. The Labute approximate surface area is 226 Å². The number of benzene rings is 2. The molecule has 8 nitrogen and oxygen atoms in total. The third-order valence-corrected chi connectivity index (χ3v) is 8.37. The van der Waals surface area contributed by atoms with Crippen molar-refractivity contribution in [1.29, 1.82) is 0 Å². The van der Waals surface area contributed by atoms with Crippen LogP contribution in [0.4, 0.5) is 10.1 Å². The van der Waals surface area contributed by atoms with E-state index in [0.717, 1.165) is 35.3 Å². The summed E-state index contributed by atoms with van der Waals surface area (Å²) in [6, 6.07) is 8.67. The molecule has 1 N–H and O–H groups in total. The van der Waals surface area contributed by atoms with Crippen molar-refractivity contribution in [3.05, 3.63) is 71.8 Å². The Kier molecular flexibility index (Phi) is 5.75. The number of fused-ring (bicyclic) bond motifs is 3. The van der Waals surface area contributed by atoms with Crippen molar-refractivity contribution in [3.8, 4) is 22.8 Å². The summed E-state index contributed by atoms with van der Waals surface area (Å²) < 4.78 is 25.4. The minimum atomic E-state index is -0.573. The Hall–Kier alpha value is -4.01. The zero-order valence-electron chi connectivity index (χ0n) is 22.1. The standard InChI is InChI=1S/C30H31FN6O2/c1-3-5-19-11-21(19)25-13-36(15-32-25)26-12-22(23(31)10-17(26)2)30(38)34-24-7-4-6-20-28(24)39-14-27(18-8-9-18)37-16-33-35-29(20)37/h4,6-7,10,12-13,15-16,18-19,21,27H,3,5,8-9,11,14H2,1-2H3,(H,34,38)/t19?,21?,27-/m0/s1. The molecule has 3 atom stereocenters. The molecular weight excluding hydrogens is 495 g/mol. The number of imidazole rings is 1. The molecule has 3 aliphatic rings. The third kappa shape index (κ3) is 4.30. The zero-order valence-corrected chi connectivity index (χ0v) is 22.1. The first kappa shape index (κ1) is 24.1. The number of aromatic nitrogens is 5. The van der Waals surface area contributed by atoms with Crippen LogP contribution in [0.2, 0.25) is 0 Å². The summed E-state index contributed by atoms with van der Waals surface area (Å²) in [7, 11) is 0. The number of anilines is 1. The van der Waals surface area contributed by atoms with Gasteiger partial charge in [-0.15, -0.1) is 10.2 Å². The minimum Gasteiger partial charge on any atom is -0.488 e. The Morgan fingerprint density at radius 1 is 1.23 bits per heavy atom. The second-order valence-corrected chi connectivity index (χ2v) is 11.1. The first-order valence-electron chi connectivity index (χ1n) is 13.8. The largest absolute Gasteiger partial charge is 0.488 e. The van der Waals surface area contributed by atoms with Crippen molar-refractivity contribution in [2.75, 3.05) is 11.9 Å². The smallest absolute Gasteiger partial charge is 0.258 e. The van der Waals surface area contributed by atoms with Gasteiger partial charge in [-0.2, -0.15) is 0 Å². The van der Waals surface area contributed by atoms with Crippen molar-refractivity contribution < 1.29 is 13.9 Å². The molecule has 1 aliphatic heterocycles. The lowest BCUT2D eigenvalue weighted by Gasteiger charge is -2.17. The number of nitrogens with one attached hydrogen (secondary N) is 1. The van der Waals surface area contributed by atoms with Crippen molar-refractivity contribution >= 4 is 11.6 Å². The van der Waals surface area contributed by atoms with Gasteiger partial charge in [0, 0.05) is 12.1 Å². The Morgan fingerprint density at radius 3 is 2.92 bits per heavy atom. The van der Waals surface area contributed by atoms with Crippen LogP contribution in [0.1, 0.15) is 72.6 Å². The monoisotopic (exact) mass is 526 g/mol.